The number of hydrogen-bond acceptors (Lipinski definition) is 6. The molecule has 0 radical (unpaired) electrons. The first-order valence-electron chi connectivity index (χ1n) is 11.9. The van der Waals surface area contributed by atoms with Gasteiger partial charge in [-0.1, -0.05) is 39.0 Å². The van der Waals surface area contributed by atoms with Crippen LogP contribution in [0.5, 0.6) is 5.75 Å². The highest BCUT2D eigenvalue weighted by Gasteiger charge is 2.26. The normalized spacial score (nSPS) is 11.9. The molecule has 0 aliphatic carbocycles. The van der Waals surface area contributed by atoms with Crippen LogP contribution in [0.25, 0.3) is 11.0 Å². The van der Waals surface area contributed by atoms with Crippen LogP contribution in [-0.4, -0.2) is 49.0 Å². The minimum absolute atomic E-state index is 0. The average molecular weight is 740 g/mol. The summed E-state index contributed by atoms with van der Waals surface area (Å²) in [5.41, 5.74) is 1.50. The molecule has 0 N–H and O–H groups in total. The number of nitrogens with zero attached hydrogens (tertiary/aromatic N) is 1. The number of benzene rings is 2. The van der Waals surface area contributed by atoms with Crippen molar-refractivity contribution in [2.24, 2.45) is 0 Å². The Labute approximate surface area is 246 Å². The number of ether oxygens (including phenoxy) is 2. The van der Waals surface area contributed by atoms with Crippen molar-refractivity contribution in [1.82, 2.24) is 4.90 Å². The molecule has 1 heterocycles. The van der Waals surface area contributed by atoms with Crippen molar-refractivity contribution >= 4 is 80.3 Å². The minimum atomic E-state index is -0.409. The summed E-state index contributed by atoms with van der Waals surface area (Å²) in [5, 5.41) is 0.688. The molecular weight excluding hydrogens is 708 g/mol. The first-order valence-corrected chi connectivity index (χ1v) is 14.0. The molecule has 0 saturated carbocycles. The van der Waals surface area contributed by atoms with Crippen LogP contribution in [0.4, 0.5) is 0 Å². The number of carbonyl (C=O) groups excluding carboxylic acids is 2. The number of likely N-dealkylation sites (N-methyl/N-ethyl adjacent to an activating group) is 1. The maximum Gasteiger partial charge on any atom is 0.313 e. The summed E-state index contributed by atoms with van der Waals surface area (Å²) >= 11 is 4.42. The molecule has 0 unspecified atom stereocenters. The molecule has 6 nitrogen and oxygen atoms in total. The van der Waals surface area contributed by atoms with Crippen LogP contribution < -0.4 is 4.74 Å². The van der Waals surface area contributed by atoms with Gasteiger partial charge in [-0.25, -0.2) is 0 Å². The standard InChI is InChI=1S/C27H31I2NO5.ClH/c1-5-17(4)34-24(31)16-23-25(19-10-8-9-11-22(19)35-23)26(32)18-14-20(28)27(21(29)15-18)33-13-12-30(6-2)7-3;/h8-11,14-15,17H,5-7,12-13,16H2,1-4H3;1H/t17-;/m0./s1. The molecule has 36 heavy (non-hydrogen) atoms. The molecular formula is C27H32ClI2NO5. The van der Waals surface area contributed by atoms with Gasteiger partial charge in [-0.15, -0.1) is 12.4 Å². The zero-order chi connectivity index (χ0) is 25.5. The van der Waals surface area contributed by atoms with Gasteiger partial charge in [0.1, 0.15) is 30.1 Å². The molecule has 0 fully saturated rings. The summed E-state index contributed by atoms with van der Waals surface area (Å²) in [5.74, 6) is 0.513. The minimum Gasteiger partial charge on any atom is -0.490 e. The molecule has 3 aromatic rings. The Morgan fingerprint density at radius 2 is 1.69 bits per heavy atom. The summed E-state index contributed by atoms with van der Waals surface area (Å²) in [4.78, 5) is 28.5. The van der Waals surface area contributed by atoms with Crippen molar-refractivity contribution in [3.05, 3.63) is 60.4 Å². The fourth-order valence-electron chi connectivity index (χ4n) is 3.74. The van der Waals surface area contributed by atoms with Gasteiger partial charge >= 0.3 is 5.97 Å². The number of fused-ring (bicyclic) bond motifs is 1. The number of carbonyl (C=O) groups is 2. The first kappa shape index (κ1) is 30.9. The van der Waals surface area contributed by atoms with E-state index in [1.165, 1.54) is 0 Å². The highest BCUT2D eigenvalue weighted by molar-refractivity contribution is 14.1. The molecule has 0 aliphatic heterocycles. The summed E-state index contributed by atoms with van der Waals surface area (Å²) in [6.07, 6.45) is 0.432. The van der Waals surface area contributed by atoms with Crippen molar-refractivity contribution in [2.75, 3.05) is 26.2 Å². The van der Waals surface area contributed by atoms with Gasteiger partial charge in [0, 0.05) is 17.5 Å². The van der Waals surface area contributed by atoms with Crippen LogP contribution in [0, 0.1) is 7.14 Å². The lowest BCUT2D eigenvalue weighted by Crippen LogP contribution is -2.28. The van der Waals surface area contributed by atoms with Crippen LogP contribution in [0.2, 0.25) is 0 Å². The van der Waals surface area contributed by atoms with Crippen molar-refractivity contribution < 1.29 is 23.5 Å². The summed E-state index contributed by atoms with van der Waals surface area (Å²) < 4.78 is 19.2. The van der Waals surface area contributed by atoms with E-state index in [1.54, 1.807) is 6.07 Å². The average Bonchev–Trinajstić information content (AvgIpc) is 3.19. The maximum atomic E-state index is 13.7. The number of rotatable bonds is 12. The van der Waals surface area contributed by atoms with Crippen molar-refractivity contribution in [3.63, 3.8) is 0 Å². The van der Waals surface area contributed by atoms with Crippen LogP contribution in [0.3, 0.4) is 0 Å². The highest BCUT2D eigenvalue weighted by atomic mass is 127. The molecule has 3 rings (SSSR count). The molecule has 1 atom stereocenters. The van der Waals surface area contributed by atoms with Gasteiger partial charge in [0.05, 0.1) is 18.8 Å². The number of halogens is 3. The van der Waals surface area contributed by atoms with Crippen LogP contribution in [0.1, 0.15) is 55.8 Å². The number of furan rings is 1. The molecule has 9 heteroatoms. The topological polar surface area (TPSA) is 69.0 Å². The van der Waals surface area contributed by atoms with Crippen molar-refractivity contribution in [2.45, 2.75) is 46.6 Å². The summed E-state index contributed by atoms with van der Waals surface area (Å²) in [7, 11) is 0. The number of hydrogen-bond donors (Lipinski definition) is 0. The predicted octanol–water partition coefficient (Wildman–Crippen LogP) is 6.90. The second-order valence-corrected chi connectivity index (χ2v) is 10.6. The largest absolute Gasteiger partial charge is 0.490 e. The van der Waals surface area contributed by atoms with Gasteiger partial charge in [0.15, 0.2) is 5.78 Å². The molecule has 2 aromatic carbocycles. The third kappa shape index (κ3) is 7.58. The monoisotopic (exact) mass is 739 g/mol. The quantitative estimate of drug-likeness (QED) is 0.115. The number of para-hydroxylation sites is 1. The van der Waals surface area contributed by atoms with Crippen molar-refractivity contribution in [3.8, 4) is 5.75 Å². The lowest BCUT2D eigenvalue weighted by molar-refractivity contribution is -0.147. The third-order valence-corrected chi connectivity index (χ3v) is 7.52. The smallest absolute Gasteiger partial charge is 0.313 e. The second kappa shape index (κ2) is 14.5. The second-order valence-electron chi connectivity index (χ2n) is 8.26. The fraction of sp³-hybridized carbons (Fsp3) is 0.407. The van der Waals surface area contributed by atoms with Gasteiger partial charge in [0.25, 0.3) is 0 Å². The predicted molar refractivity (Wildman–Crippen MR) is 162 cm³/mol. The lowest BCUT2D eigenvalue weighted by Gasteiger charge is -2.19. The summed E-state index contributed by atoms with van der Waals surface area (Å²) in [6.45, 7) is 11.4. The van der Waals surface area contributed by atoms with Crippen LogP contribution >= 0.6 is 57.6 Å². The van der Waals surface area contributed by atoms with Gasteiger partial charge in [0.2, 0.25) is 0 Å². The Morgan fingerprint density at radius 1 is 1.06 bits per heavy atom. The van der Waals surface area contributed by atoms with E-state index >= 15 is 0 Å². The molecule has 0 spiro atoms. The first-order chi connectivity index (χ1) is 16.8. The van der Waals surface area contributed by atoms with Crippen LogP contribution in [-0.2, 0) is 16.0 Å². The fourth-order valence-corrected chi connectivity index (χ4v) is 5.82. The van der Waals surface area contributed by atoms with E-state index in [2.05, 4.69) is 63.9 Å². The molecule has 0 saturated heterocycles. The third-order valence-electron chi connectivity index (χ3n) is 5.92. The Hall–Kier alpha value is -1.37. The Bertz CT molecular complexity index is 1170. The Morgan fingerprint density at radius 3 is 2.31 bits per heavy atom. The number of ketones is 1. The maximum absolute atomic E-state index is 13.7. The van der Waals surface area contributed by atoms with Crippen LogP contribution in [0.15, 0.2) is 40.8 Å². The van der Waals surface area contributed by atoms with E-state index in [0.29, 0.717) is 34.5 Å². The van der Waals surface area contributed by atoms with E-state index < -0.39 is 5.97 Å². The van der Waals surface area contributed by atoms with E-state index in [-0.39, 0.29) is 30.7 Å². The van der Waals surface area contributed by atoms with E-state index in [1.807, 2.05) is 44.2 Å². The Kier molecular flexibility index (Phi) is 12.5. The van der Waals surface area contributed by atoms with Crippen molar-refractivity contribution in [1.29, 1.82) is 0 Å². The zero-order valence-electron chi connectivity index (χ0n) is 20.9. The zero-order valence-corrected chi connectivity index (χ0v) is 26.1. The molecule has 0 amide bonds. The summed E-state index contributed by atoms with van der Waals surface area (Å²) in [6, 6.07) is 11.0. The highest BCUT2D eigenvalue weighted by Crippen LogP contribution is 2.33. The SMILES string of the molecule is CC[C@H](C)OC(=O)Cc1oc2ccccc2c1C(=O)c1cc(I)c(OCCN(CC)CC)c(I)c1.Cl. The Balaban J connectivity index is 0.00000456. The molecule has 0 bridgehead atoms. The lowest BCUT2D eigenvalue weighted by atomic mass is 9.99. The van der Waals surface area contributed by atoms with E-state index in [9.17, 15) is 9.59 Å². The van der Waals surface area contributed by atoms with E-state index in [0.717, 1.165) is 38.9 Å². The van der Waals surface area contributed by atoms with Gasteiger partial charge in [-0.05, 0) is 89.8 Å². The van der Waals surface area contributed by atoms with Gasteiger partial charge in [-0.3, -0.25) is 9.59 Å². The molecule has 196 valence electrons. The van der Waals surface area contributed by atoms with E-state index in [4.69, 9.17) is 13.9 Å². The molecule has 0 aliphatic rings. The van der Waals surface area contributed by atoms with Gasteiger partial charge < -0.3 is 18.8 Å². The number of esters is 1. The molecule has 1 aromatic heterocycles. The van der Waals surface area contributed by atoms with Gasteiger partial charge in [-0.2, -0.15) is 0 Å².